The first kappa shape index (κ1) is 16.0. The normalized spacial score (nSPS) is 18.7. The first-order chi connectivity index (χ1) is 12.1. The highest BCUT2D eigenvalue weighted by molar-refractivity contribution is 5.47. The Morgan fingerprint density at radius 3 is 3.00 bits per heavy atom. The first-order valence-corrected chi connectivity index (χ1v) is 8.47. The highest BCUT2D eigenvalue weighted by Crippen LogP contribution is 2.23. The molecule has 0 aliphatic carbocycles. The van der Waals surface area contributed by atoms with E-state index in [1.165, 1.54) is 0 Å². The standard InChI is InChI=1S/C18H22N6O/c1-12-8-13(2)24-18(21-12)14(9-20-24)10-23-6-7-25-16(11-23)15-4-3-5-17(19)22-15/h3-5,8-9,16H,6-7,10-11H2,1-2H3,(H2,19,22)/t16-/m0/s1. The molecule has 0 spiro atoms. The lowest BCUT2D eigenvalue weighted by molar-refractivity contribution is -0.0348. The van der Waals surface area contributed by atoms with Crippen LogP contribution in [0, 0.1) is 13.8 Å². The minimum atomic E-state index is -0.0597. The minimum absolute atomic E-state index is 0.0597. The Bertz CT molecular complexity index is 906. The van der Waals surface area contributed by atoms with Crippen LogP contribution in [0.2, 0.25) is 0 Å². The van der Waals surface area contributed by atoms with Gasteiger partial charge in [-0.1, -0.05) is 6.07 Å². The molecule has 7 nitrogen and oxygen atoms in total. The summed E-state index contributed by atoms with van der Waals surface area (Å²) in [7, 11) is 0. The fourth-order valence-electron chi connectivity index (χ4n) is 3.34. The van der Waals surface area contributed by atoms with E-state index in [1.807, 2.05) is 35.8 Å². The number of hydrogen-bond acceptors (Lipinski definition) is 6. The minimum Gasteiger partial charge on any atom is -0.384 e. The van der Waals surface area contributed by atoms with Crippen molar-refractivity contribution in [3.8, 4) is 0 Å². The molecule has 4 heterocycles. The van der Waals surface area contributed by atoms with Crippen LogP contribution in [-0.2, 0) is 11.3 Å². The Kier molecular flexibility index (Phi) is 4.10. The van der Waals surface area contributed by atoms with Crippen LogP contribution in [-0.4, -0.2) is 44.2 Å². The first-order valence-electron chi connectivity index (χ1n) is 8.47. The van der Waals surface area contributed by atoms with Crippen molar-refractivity contribution in [2.45, 2.75) is 26.5 Å². The number of anilines is 1. The molecular weight excluding hydrogens is 316 g/mol. The van der Waals surface area contributed by atoms with E-state index in [0.29, 0.717) is 12.4 Å². The molecule has 1 atom stereocenters. The third-order valence-electron chi connectivity index (χ3n) is 4.52. The Labute approximate surface area is 146 Å². The van der Waals surface area contributed by atoms with Gasteiger partial charge in [0.15, 0.2) is 5.65 Å². The summed E-state index contributed by atoms with van der Waals surface area (Å²) in [4.78, 5) is 11.4. The lowest BCUT2D eigenvalue weighted by atomic mass is 10.1. The van der Waals surface area contributed by atoms with Gasteiger partial charge < -0.3 is 10.5 Å². The Hall–Kier alpha value is -2.51. The second-order valence-electron chi connectivity index (χ2n) is 6.53. The Balaban J connectivity index is 1.55. The molecule has 4 rings (SSSR count). The van der Waals surface area contributed by atoms with Crippen molar-refractivity contribution in [1.82, 2.24) is 24.5 Å². The molecule has 0 aromatic carbocycles. The van der Waals surface area contributed by atoms with Crippen LogP contribution in [0.15, 0.2) is 30.5 Å². The summed E-state index contributed by atoms with van der Waals surface area (Å²) in [5.41, 5.74) is 10.9. The van der Waals surface area contributed by atoms with Gasteiger partial charge in [0, 0.05) is 36.6 Å². The maximum atomic E-state index is 5.90. The Morgan fingerprint density at radius 2 is 2.16 bits per heavy atom. The fraction of sp³-hybridized carbons (Fsp3) is 0.389. The van der Waals surface area contributed by atoms with E-state index in [9.17, 15) is 0 Å². The van der Waals surface area contributed by atoms with Gasteiger partial charge in [-0.2, -0.15) is 5.10 Å². The third kappa shape index (κ3) is 3.20. The van der Waals surface area contributed by atoms with Crippen LogP contribution < -0.4 is 5.73 Å². The second kappa shape index (κ2) is 6.42. The number of rotatable bonds is 3. The summed E-state index contributed by atoms with van der Waals surface area (Å²) in [6, 6.07) is 7.72. The number of ether oxygens (including phenoxy) is 1. The molecule has 1 saturated heterocycles. The van der Waals surface area contributed by atoms with E-state index in [0.717, 1.165) is 47.9 Å². The summed E-state index contributed by atoms with van der Waals surface area (Å²) in [6.07, 6.45) is 1.85. The molecule has 0 amide bonds. The van der Waals surface area contributed by atoms with Gasteiger partial charge in [0.05, 0.1) is 18.5 Å². The zero-order valence-electron chi connectivity index (χ0n) is 14.5. The van der Waals surface area contributed by atoms with E-state index in [1.54, 1.807) is 6.07 Å². The van der Waals surface area contributed by atoms with Crippen LogP contribution in [0.1, 0.15) is 28.7 Å². The molecule has 2 N–H and O–H groups in total. The van der Waals surface area contributed by atoms with Crippen molar-refractivity contribution in [2.75, 3.05) is 25.4 Å². The molecule has 3 aromatic rings. The van der Waals surface area contributed by atoms with Gasteiger partial charge in [0.2, 0.25) is 0 Å². The van der Waals surface area contributed by atoms with Gasteiger partial charge in [-0.15, -0.1) is 0 Å². The lowest BCUT2D eigenvalue weighted by Gasteiger charge is -2.32. The van der Waals surface area contributed by atoms with Crippen molar-refractivity contribution in [1.29, 1.82) is 0 Å². The topological polar surface area (TPSA) is 81.6 Å². The van der Waals surface area contributed by atoms with Gasteiger partial charge in [0.25, 0.3) is 0 Å². The van der Waals surface area contributed by atoms with Crippen molar-refractivity contribution >= 4 is 11.5 Å². The maximum Gasteiger partial charge on any atom is 0.159 e. The van der Waals surface area contributed by atoms with E-state index in [4.69, 9.17) is 10.5 Å². The smallest absolute Gasteiger partial charge is 0.159 e. The van der Waals surface area contributed by atoms with Crippen molar-refractivity contribution in [2.24, 2.45) is 0 Å². The predicted molar refractivity (Wildman–Crippen MR) is 95.1 cm³/mol. The quantitative estimate of drug-likeness (QED) is 0.785. The van der Waals surface area contributed by atoms with Crippen molar-refractivity contribution < 1.29 is 4.74 Å². The number of fused-ring (bicyclic) bond motifs is 1. The van der Waals surface area contributed by atoms with Crippen molar-refractivity contribution in [3.63, 3.8) is 0 Å². The molecule has 1 aliphatic heterocycles. The maximum absolute atomic E-state index is 5.90. The number of nitrogens with two attached hydrogens (primary N) is 1. The molecule has 130 valence electrons. The van der Waals surface area contributed by atoms with Gasteiger partial charge in [0.1, 0.15) is 11.9 Å². The summed E-state index contributed by atoms with van der Waals surface area (Å²) < 4.78 is 7.80. The SMILES string of the molecule is Cc1cc(C)n2ncc(CN3CCO[C@H](c4cccc(N)n4)C3)c2n1. The van der Waals surface area contributed by atoms with E-state index < -0.39 is 0 Å². The van der Waals surface area contributed by atoms with Crippen LogP contribution in [0.3, 0.4) is 0 Å². The van der Waals surface area contributed by atoms with Gasteiger partial charge >= 0.3 is 0 Å². The molecule has 7 heteroatoms. The molecule has 0 saturated carbocycles. The molecule has 1 fully saturated rings. The summed E-state index contributed by atoms with van der Waals surface area (Å²) in [5.74, 6) is 0.524. The van der Waals surface area contributed by atoms with E-state index >= 15 is 0 Å². The Morgan fingerprint density at radius 1 is 1.28 bits per heavy atom. The summed E-state index contributed by atoms with van der Waals surface area (Å²) in [6.45, 7) is 7.18. The highest BCUT2D eigenvalue weighted by atomic mass is 16.5. The number of aryl methyl sites for hydroxylation is 2. The van der Waals surface area contributed by atoms with Gasteiger partial charge in [-0.3, -0.25) is 4.90 Å². The zero-order chi connectivity index (χ0) is 17.4. The van der Waals surface area contributed by atoms with Crippen LogP contribution in [0.25, 0.3) is 5.65 Å². The van der Waals surface area contributed by atoms with Gasteiger partial charge in [-0.25, -0.2) is 14.5 Å². The zero-order valence-corrected chi connectivity index (χ0v) is 14.5. The largest absolute Gasteiger partial charge is 0.384 e. The molecule has 0 bridgehead atoms. The molecule has 0 unspecified atom stereocenters. The predicted octanol–water partition coefficient (Wildman–Crippen LogP) is 1.90. The van der Waals surface area contributed by atoms with E-state index in [-0.39, 0.29) is 6.10 Å². The van der Waals surface area contributed by atoms with Gasteiger partial charge in [-0.05, 0) is 32.0 Å². The fourth-order valence-corrected chi connectivity index (χ4v) is 3.34. The van der Waals surface area contributed by atoms with Crippen molar-refractivity contribution in [3.05, 3.63) is 53.1 Å². The average molecular weight is 338 g/mol. The van der Waals surface area contributed by atoms with Crippen LogP contribution in [0.5, 0.6) is 0 Å². The second-order valence-corrected chi connectivity index (χ2v) is 6.53. The number of nitrogens with zero attached hydrogens (tertiary/aromatic N) is 5. The highest BCUT2D eigenvalue weighted by Gasteiger charge is 2.24. The lowest BCUT2D eigenvalue weighted by Crippen LogP contribution is -2.38. The summed E-state index contributed by atoms with van der Waals surface area (Å²) in [5, 5.41) is 4.48. The molecule has 3 aromatic heterocycles. The van der Waals surface area contributed by atoms with Crippen LogP contribution >= 0.6 is 0 Å². The monoisotopic (exact) mass is 338 g/mol. The third-order valence-corrected chi connectivity index (χ3v) is 4.52. The molecule has 1 aliphatic rings. The number of nitrogen functional groups attached to an aromatic ring is 1. The van der Waals surface area contributed by atoms with E-state index in [2.05, 4.69) is 26.9 Å². The molecule has 25 heavy (non-hydrogen) atoms. The summed E-state index contributed by atoms with van der Waals surface area (Å²) >= 11 is 0. The number of aromatic nitrogens is 4. The van der Waals surface area contributed by atoms with Crippen LogP contribution in [0.4, 0.5) is 5.82 Å². The molecular formula is C18H22N6O. The number of hydrogen-bond donors (Lipinski definition) is 1. The number of morpholine rings is 1. The number of pyridine rings is 1. The molecule has 0 radical (unpaired) electrons. The average Bonchev–Trinajstić information content (AvgIpc) is 2.98.